The summed E-state index contributed by atoms with van der Waals surface area (Å²) in [6, 6.07) is 0. The van der Waals surface area contributed by atoms with Gasteiger partial charge in [-0.05, 0) is 105 Å². The minimum atomic E-state index is -0.705. The number of carbonyl (C=O) groups is 3. The zero-order chi connectivity index (χ0) is 23.8. The first-order valence-corrected chi connectivity index (χ1v) is 13.2. The van der Waals surface area contributed by atoms with Crippen molar-refractivity contribution >= 4 is 18.9 Å². The van der Waals surface area contributed by atoms with E-state index in [1.165, 1.54) is 6.42 Å². The van der Waals surface area contributed by atoms with Gasteiger partial charge in [-0.25, -0.2) is 0 Å². The van der Waals surface area contributed by atoms with Crippen LogP contribution in [0.4, 0.5) is 0 Å². The fourth-order valence-electron chi connectivity index (χ4n) is 9.45. The van der Waals surface area contributed by atoms with Crippen molar-refractivity contribution in [1.29, 1.82) is 0 Å². The van der Waals surface area contributed by atoms with Gasteiger partial charge in [-0.1, -0.05) is 20.8 Å². The number of aliphatic carboxylic acids is 1. The minimum absolute atomic E-state index is 0.0259. The van der Waals surface area contributed by atoms with Crippen LogP contribution in [0, 0.1) is 46.3 Å². The molecular formula is C27H42O6. The predicted octanol–water partition coefficient (Wildman–Crippen LogP) is 5.23. The van der Waals surface area contributed by atoms with Gasteiger partial charge in [0.15, 0.2) is 0 Å². The highest BCUT2D eigenvalue weighted by Gasteiger charge is 2.65. The summed E-state index contributed by atoms with van der Waals surface area (Å²) in [7, 11) is 0. The molecule has 0 bridgehead atoms. The SMILES string of the molecule is CC[C@H]1[C@@H](OC=O)[C@@H]2[C@H](CC[C@]3(C)[C@@H](CCCC(=O)O)CC[C@@H]23)[C@@]2(C)CC[C@@H](OC=O)C[C@@H]12. The van der Waals surface area contributed by atoms with Gasteiger partial charge in [0.05, 0.1) is 0 Å². The highest BCUT2D eigenvalue weighted by atomic mass is 16.5. The largest absolute Gasteiger partial charge is 0.481 e. The molecule has 33 heavy (non-hydrogen) atoms. The molecule has 0 aromatic rings. The first kappa shape index (κ1) is 24.5. The lowest BCUT2D eigenvalue weighted by Crippen LogP contribution is -2.62. The van der Waals surface area contributed by atoms with E-state index in [0.29, 0.717) is 42.5 Å². The summed E-state index contributed by atoms with van der Waals surface area (Å²) in [6.45, 7) is 8.37. The maximum atomic E-state index is 11.7. The zero-order valence-electron chi connectivity index (χ0n) is 20.5. The van der Waals surface area contributed by atoms with Gasteiger partial charge < -0.3 is 14.6 Å². The monoisotopic (exact) mass is 462 g/mol. The maximum Gasteiger partial charge on any atom is 0.303 e. The second-order valence-corrected chi connectivity index (χ2v) is 11.9. The van der Waals surface area contributed by atoms with E-state index in [0.717, 1.165) is 57.8 Å². The molecule has 4 saturated carbocycles. The number of hydrogen-bond donors (Lipinski definition) is 1. The van der Waals surface area contributed by atoms with E-state index in [1.54, 1.807) is 0 Å². The molecule has 0 radical (unpaired) electrons. The average Bonchev–Trinajstić information content (AvgIpc) is 3.11. The second-order valence-electron chi connectivity index (χ2n) is 11.9. The molecular weight excluding hydrogens is 420 g/mol. The van der Waals surface area contributed by atoms with Crippen LogP contribution in [0.25, 0.3) is 0 Å². The third-order valence-electron chi connectivity index (χ3n) is 10.9. The third-order valence-corrected chi connectivity index (χ3v) is 10.9. The first-order chi connectivity index (χ1) is 15.8. The lowest BCUT2D eigenvalue weighted by Gasteiger charge is -2.64. The first-order valence-electron chi connectivity index (χ1n) is 13.2. The van der Waals surface area contributed by atoms with Crippen LogP contribution >= 0.6 is 0 Å². The Morgan fingerprint density at radius 1 is 0.970 bits per heavy atom. The van der Waals surface area contributed by atoms with Gasteiger partial charge in [0.1, 0.15) is 12.2 Å². The van der Waals surface area contributed by atoms with Crippen LogP contribution in [0.3, 0.4) is 0 Å². The molecule has 4 aliphatic rings. The molecule has 0 saturated heterocycles. The van der Waals surface area contributed by atoms with E-state index < -0.39 is 5.97 Å². The summed E-state index contributed by atoms with van der Waals surface area (Å²) in [5, 5.41) is 9.10. The number of carboxylic acids is 1. The molecule has 4 rings (SSSR count). The Bertz CT molecular complexity index is 738. The quantitative estimate of drug-likeness (QED) is 0.472. The van der Waals surface area contributed by atoms with E-state index in [4.69, 9.17) is 14.6 Å². The van der Waals surface area contributed by atoms with Crippen molar-refractivity contribution in [3.8, 4) is 0 Å². The molecule has 10 atom stereocenters. The maximum absolute atomic E-state index is 11.7. The van der Waals surface area contributed by atoms with Crippen molar-refractivity contribution in [3.63, 3.8) is 0 Å². The number of carbonyl (C=O) groups excluding carboxylic acids is 2. The summed E-state index contributed by atoms with van der Waals surface area (Å²) in [5.41, 5.74) is 0.378. The van der Waals surface area contributed by atoms with Crippen molar-refractivity contribution < 1.29 is 29.0 Å². The number of fused-ring (bicyclic) bond motifs is 5. The number of hydrogen-bond acceptors (Lipinski definition) is 5. The van der Waals surface area contributed by atoms with Gasteiger partial charge in [0.25, 0.3) is 12.9 Å². The van der Waals surface area contributed by atoms with Crippen LogP contribution in [0.15, 0.2) is 0 Å². The van der Waals surface area contributed by atoms with Gasteiger partial charge in [-0.2, -0.15) is 0 Å². The Morgan fingerprint density at radius 2 is 1.67 bits per heavy atom. The highest BCUT2D eigenvalue weighted by Crippen LogP contribution is 2.69. The molecule has 0 amide bonds. The van der Waals surface area contributed by atoms with Crippen molar-refractivity contribution in [2.75, 3.05) is 0 Å². The Kier molecular flexibility index (Phi) is 7.12. The van der Waals surface area contributed by atoms with Gasteiger partial charge in [0.2, 0.25) is 0 Å². The standard InChI is InChI=1S/C27H42O6/c1-4-19-22-14-18(32-15-28)10-12-27(22,3)21-11-13-26(2)17(6-5-7-23(30)31)8-9-20(26)24(21)25(19)33-16-29/h15-22,24-25H,4-14H2,1-3H3,(H,30,31)/t17-,18+,19+,20-,21-,22-,24-,25+,26+,27+/m0/s1. The van der Waals surface area contributed by atoms with Crippen molar-refractivity contribution in [3.05, 3.63) is 0 Å². The molecule has 1 N–H and O–H groups in total. The lowest BCUT2D eigenvalue weighted by atomic mass is 9.41. The summed E-state index contributed by atoms with van der Waals surface area (Å²) < 4.78 is 11.4. The van der Waals surface area contributed by atoms with Gasteiger partial charge >= 0.3 is 5.97 Å². The Morgan fingerprint density at radius 3 is 2.33 bits per heavy atom. The smallest absolute Gasteiger partial charge is 0.303 e. The van der Waals surface area contributed by atoms with Gasteiger partial charge in [-0.15, -0.1) is 0 Å². The van der Waals surface area contributed by atoms with Crippen LogP contribution in [0.2, 0.25) is 0 Å². The minimum Gasteiger partial charge on any atom is -0.481 e. The molecule has 6 nitrogen and oxygen atoms in total. The summed E-state index contributed by atoms with van der Waals surface area (Å²) >= 11 is 0. The summed E-state index contributed by atoms with van der Waals surface area (Å²) in [6.07, 6.45) is 10.3. The second kappa shape index (κ2) is 9.58. The van der Waals surface area contributed by atoms with Crippen LogP contribution in [-0.2, 0) is 23.9 Å². The number of ether oxygens (including phenoxy) is 2. The summed E-state index contributed by atoms with van der Waals surface area (Å²) in [5.74, 6) is 1.94. The predicted molar refractivity (Wildman–Crippen MR) is 123 cm³/mol. The molecule has 0 aromatic heterocycles. The number of carboxylic acid groups (broad SMARTS) is 1. The molecule has 0 aromatic carbocycles. The molecule has 4 aliphatic carbocycles. The molecule has 4 fully saturated rings. The summed E-state index contributed by atoms with van der Waals surface area (Å²) in [4.78, 5) is 33.8. The van der Waals surface area contributed by atoms with Gasteiger partial charge in [-0.3, -0.25) is 14.4 Å². The Labute approximate surface area is 198 Å². The highest BCUT2D eigenvalue weighted by molar-refractivity contribution is 5.66. The van der Waals surface area contributed by atoms with Crippen LogP contribution in [-0.4, -0.2) is 36.2 Å². The van der Waals surface area contributed by atoms with Crippen molar-refractivity contribution in [2.45, 2.75) is 104 Å². The molecule has 0 aliphatic heterocycles. The van der Waals surface area contributed by atoms with Crippen LogP contribution in [0.5, 0.6) is 0 Å². The molecule has 0 heterocycles. The Hall–Kier alpha value is -1.59. The van der Waals surface area contributed by atoms with E-state index in [-0.39, 0.29) is 35.4 Å². The fourth-order valence-corrected chi connectivity index (χ4v) is 9.45. The van der Waals surface area contributed by atoms with Crippen molar-refractivity contribution in [2.24, 2.45) is 46.3 Å². The Balaban J connectivity index is 1.63. The van der Waals surface area contributed by atoms with Gasteiger partial charge in [0, 0.05) is 12.3 Å². The van der Waals surface area contributed by atoms with Crippen LogP contribution in [0.1, 0.15) is 91.4 Å². The van der Waals surface area contributed by atoms with E-state index in [2.05, 4.69) is 20.8 Å². The topological polar surface area (TPSA) is 89.9 Å². The van der Waals surface area contributed by atoms with Crippen molar-refractivity contribution in [1.82, 2.24) is 0 Å². The van der Waals surface area contributed by atoms with Crippen LogP contribution < -0.4 is 0 Å². The average molecular weight is 463 g/mol. The molecule has 186 valence electrons. The molecule has 0 unspecified atom stereocenters. The zero-order valence-corrected chi connectivity index (χ0v) is 20.5. The molecule has 6 heteroatoms. The number of rotatable bonds is 9. The van der Waals surface area contributed by atoms with E-state index >= 15 is 0 Å². The lowest BCUT2D eigenvalue weighted by molar-refractivity contribution is -0.212. The molecule has 0 spiro atoms. The fraction of sp³-hybridized carbons (Fsp3) is 0.889. The normalized spacial score (nSPS) is 46.4. The van der Waals surface area contributed by atoms with E-state index in [1.807, 2.05) is 0 Å². The third kappa shape index (κ3) is 4.10. The van der Waals surface area contributed by atoms with E-state index in [9.17, 15) is 14.4 Å².